The van der Waals surface area contributed by atoms with E-state index in [0.29, 0.717) is 19.6 Å². The molecule has 6 heteroatoms. The summed E-state index contributed by atoms with van der Waals surface area (Å²) in [5.74, 6) is -1.93. The second-order valence-corrected chi connectivity index (χ2v) is 7.76. The summed E-state index contributed by atoms with van der Waals surface area (Å²) in [6, 6.07) is 28.6. The fraction of sp³-hybridized carbons (Fsp3) is 0.222. The molecule has 0 unspecified atom stereocenters. The molecule has 0 atom stereocenters. The highest BCUT2D eigenvalue weighted by atomic mass is 16.2. The minimum Gasteiger partial charge on any atom is -0.352 e. The third-order valence-corrected chi connectivity index (χ3v) is 5.24. The SMILES string of the molecule is O=C(CCC(C(=O)NCc1ccccc1)C(=O)NCc1ccccc1)NCc1ccccc1. The molecule has 0 saturated heterocycles. The van der Waals surface area contributed by atoms with Crippen LogP contribution in [0.2, 0.25) is 0 Å². The van der Waals surface area contributed by atoms with E-state index in [1.54, 1.807) is 0 Å². The first kappa shape index (κ1) is 23.7. The molecule has 6 nitrogen and oxygen atoms in total. The van der Waals surface area contributed by atoms with E-state index in [2.05, 4.69) is 16.0 Å². The third-order valence-electron chi connectivity index (χ3n) is 5.24. The summed E-state index contributed by atoms with van der Waals surface area (Å²) < 4.78 is 0. The predicted octanol–water partition coefficient (Wildman–Crippen LogP) is 3.33. The van der Waals surface area contributed by atoms with E-state index in [1.807, 2.05) is 91.0 Å². The largest absolute Gasteiger partial charge is 0.352 e. The molecule has 170 valence electrons. The van der Waals surface area contributed by atoms with Crippen molar-refractivity contribution >= 4 is 17.7 Å². The van der Waals surface area contributed by atoms with E-state index in [9.17, 15) is 14.4 Å². The molecule has 0 radical (unpaired) electrons. The van der Waals surface area contributed by atoms with Crippen LogP contribution in [-0.2, 0) is 34.0 Å². The van der Waals surface area contributed by atoms with Gasteiger partial charge in [0.15, 0.2) is 0 Å². The van der Waals surface area contributed by atoms with Crippen LogP contribution in [0, 0.1) is 5.92 Å². The Labute approximate surface area is 194 Å². The number of hydrogen-bond acceptors (Lipinski definition) is 3. The van der Waals surface area contributed by atoms with Gasteiger partial charge in [0.1, 0.15) is 5.92 Å². The summed E-state index contributed by atoms with van der Waals surface area (Å²) >= 11 is 0. The molecule has 33 heavy (non-hydrogen) atoms. The lowest BCUT2D eigenvalue weighted by atomic mass is 10.00. The Balaban J connectivity index is 1.56. The molecule has 0 aliphatic heterocycles. The van der Waals surface area contributed by atoms with Crippen molar-refractivity contribution in [3.63, 3.8) is 0 Å². The van der Waals surface area contributed by atoms with Gasteiger partial charge >= 0.3 is 0 Å². The third kappa shape index (κ3) is 8.26. The lowest BCUT2D eigenvalue weighted by Gasteiger charge is -2.17. The van der Waals surface area contributed by atoms with Gasteiger partial charge in [0, 0.05) is 26.1 Å². The zero-order valence-corrected chi connectivity index (χ0v) is 18.5. The number of hydrogen-bond donors (Lipinski definition) is 3. The predicted molar refractivity (Wildman–Crippen MR) is 128 cm³/mol. The van der Waals surface area contributed by atoms with Crippen LogP contribution in [-0.4, -0.2) is 17.7 Å². The van der Waals surface area contributed by atoms with E-state index >= 15 is 0 Å². The Bertz CT molecular complexity index is 969. The topological polar surface area (TPSA) is 87.3 Å². The van der Waals surface area contributed by atoms with Crippen LogP contribution in [0.15, 0.2) is 91.0 Å². The number of carbonyl (C=O) groups excluding carboxylic acids is 3. The normalized spacial score (nSPS) is 10.5. The smallest absolute Gasteiger partial charge is 0.232 e. The lowest BCUT2D eigenvalue weighted by Crippen LogP contribution is -2.41. The monoisotopic (exact) mass is 443 g/mol. The number of carbonyl (C=O) groups is 3. The van der Waals surface area contributed by atoms with Gasteiger partial charge in [-0.1, -0.05) is 91.0 Å². The van der Waals surface area contributed by atoms with E-state index in [1.165, 1.54) is 0 Å². The van der Waals surface area contributed by atoms with Crippen LogP contribution in [0.3, 0.4) is 0 Å². The molecule has 0 saturated carbocycles. The fourth-order valence-corrected chi connectivity index (χ4v) is 3.36. The van der Waals surface area contributed by atoms with E-state index < -0.39 is 5.92 Å². The highest BCUT2D eigenvalue weighted by Crippen LogP contribution is 2.10. The van der Waals surface area contributed by atoms with Gasteiger partial charge in [0.2, 0.25) is 17.7 Å². The fourth-order valence-electron chi connectivity index (χ4n) is 3.36. The van der Waals surface area contributed by atoms with Crippen LogP contribution < -0.4 is 16.0 Å². The summed E-state index contributed by atoms with van der Waals surface area (Å²) in [4.78, 5) is 38.1. The molecule has 3 aromatic carbocycles. The van der Waals surface area contributed by atoms with E-state index in [4.69, 9.17) is 0 Å². The van der Waals surface area contributed by atoms with Crippen LogP contribution in [0.5, 0.6) is 0 Å². The molecule has 0 heterocycles. The van der Waals surface area contributed by atoms with Crippen molar-refractivity contribution in [2.75, 3.05) is 0 Å². The highest BCUT2D eigenvalue weighted by Gasteiger charge is 2.27. The van der Waals surface area contributed by atoms with Crippen molar-refractivity contribution < 1.29 is 14.4 Å². The number of amides is 3. The Morgan fingerprint density at radius 2 is 0.909 bits per heavy atom. The average molecular weight is 444 g/mol. The Morgan fingerprint density at radius 1 is 0.545 bits per heavy atom. The van der Waals surface area contributed by atoms with Gasteiger partial charge in [-0.3, -0.25) is 14.4 Å². The molecule has 0 aliphatic carbocycles. The number of nitrogens with one attached hydrogen (secondary N) is 3. The maximum absolute atomic E-state index is 12.9. The molecule has 0 fully saturated rings. The first-order valence-corrected chi connectivity index (χ1v) is 11.1. The highest BCUT2D eigenvalue weighted by molar-refractivity contribution is 6.00. The van der Waals surface area contributed by atoms with Gasteiger partial charge in [-0.05, 0) is 23.1 Å². The summed E-state index contributed by atoms with van der Waals surface area (Å²) in [6.07, 6.45) is 0.205. The lowest BCUT2D eigenvalue weighted by molar-refractivity contribution is -0.136. The summed E-state index contributed by atoms with van der Waals surface area (Å²) in [6.45, 7) is 1.05. The number of rotatable bonds is 11. The second-order valence-electron chi connectivity index (χ2n) is 7.76. The second kappa shape index (κ2) is 12.8. The zero-order chi connectivity index (χ0) is 23.3. The zero-order valence-electron chi connectivity index (χ0n) is 18.5. The standard InChI is InChI=1S/C27H29N3O3/c31-25(28-18-21-10-4-1-5-11-21)17-16-24(26(32)29-19-22-12-6-2-7-13-22)27(33)30-20-23-14-8-3-9-15-23/h1-15,24H,16-20H2,(H,28,31)(H,29,32)(H,30,33). The molecule has 3 N–H and O–H groups in total. The minimum absolute atomic E-state index is 0.0784. The Hall–Kier alpha value is -3.93. The summed E-state index contributed by atoms with van der Waals surface area (Å²) in [5.41, 5.74) is 2.87. The van der Waals surface area contributed by atoms with Gasteiger partial charge in [0.25, 0.3) is 0 Å². The molecule has 0 bridgehead atoms. The molecule has 3 aromatic rings. The first-order chi connectivity index (χ1) is 16.1. The molecule has 3 rings (SSSR count). The van der Waals surface area contributed by atoms with Gasteiger partial charge in [-0.2, -0.15) is 0 Å². The van der Waals surface area contributed by atoms with Crippen LogP contribution in [0.25, 0.3) is 0 Å². The van der Waals surface area contributed by atoms with Crippen LogP contribution >= 0.6 is 0 Å². The van der Waals surface area contributed by atoms with Crippen LogP contribution in [0.4, 0.5) is 0 Å². The van der Waals surface area contributed by atoms with Gasteiger partial charge in [0.05, 0.1) is 0 Å². The van der Waals surface area contributed by atoms with Crippen molar-refractivity contribution in [1.29, 1.82) is 0 Å². The van der Waals surface area contributed by atoms with Crippen molar-refractivity contribution in [2.24, 2.45) is 5.92 Å². The molecular formula is C27H29N3O3. The molecule has 0 aliphatic rings. The van der Waals surface area contributed by atoms with Crippen molar-refractivity contribution in [3.8, 4) is 0 Å². The van der Waals surface area contributed by atoms with Crippen molar-refractivity contribution in [1.82, 2.24) is 16.0 Å². The number of benzene rings is 3. The maximum atomic E-state index is 12.9. The quantitative estimate of drug-likeness (QED) is 0.397. The van der Waals surface area contributed by atoms with E-state index in [0.717, 1.165) is 16.7 Å². The summed E-state index contributed by atoms with van der Waals surface area (Å²) in [7, 11) is 0. The molecule has 3 amide bonds. The summed E-state index contributed by atoms with van der Waals surface area (Å²) in [5, 5.41) is 8.50. The molecular weight excluding hydrogens is 414 g/mol. The van der Waals surface area contributed by atoms with E-state index in [-0.39, 0.29) is 30.6 Å². The van der Waals surface area contributed by atoms with Gasteiger partial charge in [-0.15, -0.1) is 0 Å². The maximum Gasteiger partial charge on any atom is 0.232 e. The Morgan fingerprint density at radius 3 is 1.30 bits per heavy atom. The molecule has 0 spiro atoms. The van der Waals surface area contributed by atoms with Crippen LogP contribution in [0.1, 0.15) is 29.5 Å². The average Bonchev–Trinajstić information content (AvgIpc) is 2.87. The van der Waals surface area contributed by atoms with Gasteiger partial charge < -0.3 is 16.0 Å². The van der Waals surface area contributed by atoms with Crippen molar-refractivity contribution in [2.45, 2.75) is 32.5 Å². The van der Waals surface area contributed by atoms with Crippen molar-refractivity contribution in [3.05, 3.63) is 108 Å². The van der Waals surface area contributed by atoms with Gasteiger partial charge in [-0.25, -0.2) is 0 Å². The minimum atomic E-state index is -0.958. The Kier molecular flexibility index (Phi) is 9.21. The first-order valence-electron chi connectivity index (χ1n) is 11.1. The molecule has 0 aromatic heterocycles.